The number of benzene rings is 3. The molecule has 1 aliphatic rings. The van der Waals surface area contributed by atoms with Crippen LogP contribution in [0.5, 0.6) is 0 Å². The van der Waals surface area contributed by atoms with Gasteiger partial charge in [0.15, 0.2) is 5.17 Å². The Hall–Kier alpha value is -3.90. The second kappa shape index (κ2) is 10.2. The predicted molar refractivity (Wildman–Crippen MR) is 153 cm³/mol. The zero-order valence-corrected chi connectivity index (χ0v) is 22.1. The van der Waals surface area contributed by atoms with Crippen molar-refractivity contribution in [1.29, 1.82) is 0 Å². The molecule has 0 saturated carbocycles. The Morgan fingerprint density at radius 2 is 1.62 bits per heavy atom. The van der Waals surface area contributed by atoms with Crippen molar-refractivity contribution in [2.75, 3.05) is 4.90 Å². The predicted octanol–water partition coefficient (Wildman–Crippen LogP) is 7.21. The van der Waals surface area contributed by atoms with Gasteiger partial charge in [-0.2, -0.15) is 0 Å². The zero-order chi connectivity index (χ0) is 26.1. The number of fused-ring (bicyclic) bond motifs is 1. The van der Waals surface area contributed by atoms with E-state index < -0.39 is 0 Å². The Balaban J connectivity index is 1.50. The fourth-order valence-corrected chi connectivity index (χ4v) is 5.25. The number of thioether (sulfide) groups is 1. The van der Waals surface area contributed by atoms with Gasteiger partial charge in [-0.3, -0.25) is 9.69 Å². The molecule has 186 valence electrons. The molecule has 3 aromatic carbocycles. The summed E-state index contributed by atoms with van der Waals surface area (Å²) in [6.45, 7) is 8.28. The molecule has 6 heteroatoms. The number of amidine groups is 1. The second-order valence-corrected chi connectivity index (χ2v) is 10.5. The van der Waals surface area contributed by atoms with Gasteiger partial charge in [-0.05, 0) is 66.3 Å². The van der Waals surface area contributed by atoms with Crippen LogP contribution in [0.4, 0.5) is 5.69 Å². The van der Waals surface area contributed by atoms with Gasteiger partial charge in [0, 0.05) is 17.2 Å². The molecule has 1 aromatic heterocycles. The number of nitrogens with zero attached hydrogens (tertiary/aromatic N) is 2. The molecular formula is C31H28N2O3S. The number of rotatable bonds is 5. The summed E-state index contributed by atoms with van der Waals surface area (Å²) in [7, 11) is 0. The van der Waals surface area contributed by atoms with Gasteiger partial charge >= 0.3 is 5.63 Å². The lowest BCUT2D eigenvalue weighted by Gasteiger charge is -2.18. The SMILES string of the molecule is Cc1ccc(N2C(=O)C(=Cc3ccc(C(C)C)cc3)N=C2SCc2cc(=O)oc3cc(C)ccc23)cc1. The Bertz CT molecular complexity index is 1600. The molecule has 1 amide bonds. The summed E-state index contributed by atoms with van der Waals surface area (Å²) in [5.74, 6) is 0.733. The van der Waals surface area contributed by atoms with Crippen LogP contribution in [0.3, 0.4) is 0 Å². The summed E-state index contributed by atoms with van der Waals surface area (Å²) in [5.41, 5.74) is 6.46. The number of aliphatic imine (C=N–C) groups is 1. The minimum absolute atomic E-state index is 0.174. The number of aryl methyl sites for hydroxylation is 2. The summed E-state index contributed by atoms with van der Waals surface area (Å²) < 4.78 is 5.41. The van der Waals surface area contributed by atoms with Gasteiger partial charge in [0.05, 0.1) is 5.69 Å². The highest BCUT2D eigenvalue weighted by Gasteiger charge is 2.32. The maximum Gasteiger partial charge on any atom is 0.336 e. The number of carbonyl (C=O) groups is 1. The molecule has 5 rings (SSSR count). The van der Waals surface area contributed by atoms with Gasteiger partial charge in [0.25, 0.3) is 5.91 Å². The highest BCUT2D eigenvalue weighted by Crippen LogP contribution is 2.32. The van der Waals surface area contributed by atoms with Crippen LogP contribution in [0, 0.1) is 13.8 Å². The smallest absolute Gasteiger partial charge is 0.336 e. The van der Waals surface area contributed by atoms with E-state index in [1.165, 1.54) is 23.4 Å². The molecule has 0 radical (unpaired) electrons. The highest BCUT2D eigenvalue weighted by molar-refractivity contribution is 8.13. The maximum absolute atomic E-state index is 13.6. The first kappa shape index (κ1) is 24.8. The summed E-state index contributed by atoms with van der Waals surface area (Å²) >= 11 is 1.43. The minimum Gasteiger partial charge on any atom is -0.423 e. The third kappa shape index (κ3) is 5.30. The summed E-state index contributed by atoms with van der Waals surface area (Å²) in [4.78, 5) is 32.2. The normalized spacial score (nSPS) is 14.7. The number of hydrogen-bond donors (Lipinski definition) is 0. The molecule has 2 heterocycles. The topological polar surface area (TPSA) is 62.9 Å². The van der Waals surface area contributed by atoms with E-state index in [4.69, 9.17) is 9.41 Å². The van der Waals surface area contributed by atoms with Crippen molar-refractivity contribution >= 4 is 45.6 Å². The molecule has 37 heavy (non-hydrogen) atoms. The minimum atomic E-state index is -0.390. The summed E-state index contributed by atoms with van der Waals surface area (Å²) in [5, 5.41) is 1.46. The second-order valence-electron chi connectivity index (χ2n) is 9.60. The lowest BCUT2D eigenvalue weighted by molar-refractivity contribution is -0.113. The molecule has 0 bridgehead atoms. The third-order valence-electron chi connectivity index (χ3n) is 6.37. The van der Waals surface area contributed by atoms with Crippen molar-refractivity contribution < 1.29 is 9.21 Å². The van der Waals surface area contributed by atoms with Crippen LogP contribution < -0.4 is 10.5 Å². The molecular weight excluding hydrogens is 480 g/mol. The standard InChI is InChI=1S/C31H28N2O3S/c1-19(2)23-10-8-22(9-11-23)16-27-30(35)33(25-12-5-20(3)6-13-25)31(32-27)37-18-24-17-29(34)36-28-15-21(4)7-14-26(24)28/h5-17,19H,18H2,1-4H3. The van der Waals surface area contributed by atoms with Crippen molar-refractivity contribution in [2.24, 2.45) is 4.99 Å². The molecule has 0 aliphatic carbocycles. The molecule has 0 unspecified atom stereocenters. The number of hydrogen-bond acceptors (Lipinski definition) is 5. The number of amides is 1. The van der Waals surface area contributed by atoms with Crippen LogP contribution in [-0.4, -0.2) is 11.1 Å². The molecule has 0 atom stereocenters. The van der Waals surface area contributed by atoms with Crippen LogP contribution in [0.2, 0.25) is 0 Å². The van der Waals surface area contributed by atoms with Crippen LogP contribution >= 0.6 is 11.8 Å². The Labute approximate surface area is 220 Å². The Morgan fingerprint density at radius 3 is 2.32 bits per heavy atom. The van der Waals surface area contributed by atoms with Crippen LogP contribution in [0.15, 0.2) is 92.7 Å². The Kier molecular flexibility index (Phi) is 6.85. The van der Waals surface area contributed by atoms with Crippen LogP contribution in [-0.2, 0) is 10.5 Å². The largest absolute Gasteiger partial charge is 0.423 e. The fourth-order valence-electron chi connectivity index (χ4n) is 4.25. The van der Waals surface area contributed by atoms with Gasteiger partial charge in [0.1, 0.15) is 11.3 Å². The van der Waals surface area contributed by atoms with Crippen LogP contribution in [0.25, 0.3) is 17.0 Å². The monoisotopic (exact) mass is 508 g/mol. The van der Waals surface area contributed by atoms with E-state index in [1.807, 2.05) is 74.5 Å². The van der Waals surface area contributed by atoms with Gasteiger partial charge in [-0.15, -0.1) is 0 Å². The van der Waals surface area contributed by atoms with Crippen molar-refractivity contribution in [2.45, 2.75) is 39.4 Å². The Morgan fingerprint density at radius 1 is 0.919 bits per heavy atom. The lowest BCUT2D eigenvalue weighted by atomic mass is 10.0. The van der Waals surface area contributed by atoms with Gasteiger partial charge in [0.2, 0.25) is 0 Å². The molecule has 0 spiro atoms. The van der Waals surface area contributed by atoms with E-state index in [-0.39, 0.29) is 11.5 Å². The molecule has 4 aromatic rings. The van der Waals surface area contributed by atoms with Gasteiger partial charge < -0.3 is 4.42 Å². The van der Waals surface area contributed by atoms with E-state index in [9.17, 15) is 9.59 Å². The number of carbonyl (C=O) groups excluding carboxylic acids is 1. The fraction of sp³-hybridized carbons (Fsp3) is 0.194. The van der Waals surface area contributed by atoms with Gasteiger partial charge in [-0.25, -0.2) is 9.79 Å². The molecule has 0 saturated heterocycles. The summed E-state index contributed by atoms with van der Waals surface area (Å²) in [6.07, 6.45) is 1.83. The van der Waals surface area contributed by atoms with E-state index in [1.54, 1.807) is 4.90 Å². The zero-order valence-electron chi connectivity index (χ0n) is 21.3. The maximum atomic E-state index is 13.6. The van der Waals surface area contributed by atoms with E-state index >= 15 is 0 Å². The molecule has 0 N–H and O–H groups in total. The summed E-state index contributed by atoms with van der Waals surface area (Å²) in [6, 6.07) is 23.4. The van der Waals surface area contributed by atoms with E-state index in [0.29, 0.717) is 28.1 Å². The first-order valence-electron chi connectivity index (χ1n) is 12.3. The van der Waals surface area contributed by atoms with E-state index in [2.05, 4.69) is 26.0 Å². The molecule has 1 aliphatic heterocycles. The van der Waals surface area contributed by atoms with E-state index in [0.717, 1.165) is 33.3 Å². The lowest BCUT2D eigenvalue weighted by Crippen LogP contribution is -2.30. The van der Waals surface area contributed by atoms with Crippen LogP contribution in [0.1, 0.15) is 47.6 Å². The van der Waals surface area contributed by atoms with Gasteiger partial charge in [-0.1, -0.05) is 79.7 Å². The first-order valence-corrected chi connectivity index (χ1v) is 13.2. The average molecular weight is 509 g/mol. The van der Waals surface area contributed by atoms with Crippen molar-refractivity contribution in [3.05, 3.63) is 117 Å². The molecule has 5 nitrogen and oxygen atoms in total. The van der Waals surface area contributed by atoms with Crippen molar-refractivity contribution in [1.82, 2.24) is 0 Å². The molecule has 0 fully saturated rings. The number of anilines is 1. The third-order valence-corrected chi connectivity index (χ3v) is 7.36. The average Bonchev–Trinajstić information content (AvgIpc) is 3.17. The highest BCUT2D eigenvalue weighted by atomic mass is 32.2. The quantitative estimate of drug-likeness (QED) is 0.211. The van der Waals surface area contributed by atoms with Crippen molar-refractivity contribution in [3.63, 3.8) is 0 Å². The van der Waals surface area contributed by atoms with Crippen molar-refractivity contribution in [3.8, 4) is 0 Å². The first-order chi connectivity index (χ1) is 17.8.